The summed E-state index contributed by atoms with van der Waals surface area (Å²) in [6.07, 6.45) is 1.19. The topological polar surface area (TPSA) is 12.9 Å². The Morgan fingerprint density at radius 2 is 1.67 bits per heavy atom. The molecule has 0 aliphatic rings. The van der Waals surface area contributed by atoms with Crippen LogP contribution in [0.15, 0.2) is 36.5 Å². The molecular weight excluding hydrogens is 229 g/mol. The monoisotopic (exact) mass is 235 g/mol. The summed E-state index contributed by atoms with van der Waals surface area (Å²) in [6.45, 7) is -5.03. The molecule has 15 heavy (non-hydrogen) atoms. The van der Waals surface area contributed by atoms with E-state index in [0.29, 0.717) is 5.39 Å². The molecule has 1 nitrogen and oxygen atoms in total. The molecule has 0 spiro atoms. The van der Waals surface area contributed by atoms with Crippen molar-refractivity contribution in [1.29, 1.82) is 0 Å². The summed E-state index contributed by atoms with van der Waals surface area (Å²) in [6, 6.07) is 7.93. The third kappa shape index (κ3) is 2.82. The molecule has 0 radical (unpaired) electrons. The van der Waals surface area contributed by atoms with Crippen molar-refractivity contribution in [1.82, 2.24) is 4.98 Å². The van der Waals surface area contributed by atoms with Crippen LogP contribution < -0.4 is 57.0 Å². The van der Waals surface area contributed by atoms with E-state index in [0.717, 1.165) is 0 Å². The molecule has 0 saturated heterocycles. The Kier molecular flexibility index (Phi) is 4.37. The van der Waals surface area contributed by atoms with Crippen molar-refractivity contribution in [2.75, 3.05) is 0 Å². The first-order valence-electron chi connectivity index (χ1n) is 4.12. The van der Waals surface area contributed by atoms with E-state index in [1.807, 2.05) is 0 Å². The van der Waals surface area contributed by atoms with E-state index >= 15 is 0 Å². The van der Waals surface area contributed by atoms with Gasteiger partial charge in [0.2, 0.25) is 0 Å². The van der Waals surface area contributed by atoms with Gasteiger partial charge in [0.1, 0.15) is 0 Å². The molecule has 0 saturated carbocycles. The van der Waals surface area contributed by atoms with Crippen LogP contribution in [0.5, 0.6) is 0 Å². The second-order valence-corrected chi connectivity index (χ2v) is 2.99. The average molecular weight is 235 g/mol. The van der Waals surface area contributed by atoms with E-state index in [9.17, 15) is 12.9 Å². The zero-order chi connectivity index (χ0) is 10.2. The number of halogens is 3. The number of rotatable bonds is 1. The fraction of sp³-hybridized carbons (Fsp3) is 0. The fourth-order valence-electron chi connectivity index (χ4n) is 1.40. The van der Waals surface area contributed by atoms with Gasteiger partial charge in [-0.05, 0) is 22.4 Å². The van der Waals surface area contributed by atoms with Gasteiger partial charge in [-0.3, -0.25) is 4.98 Å². The summed E-state index contributed by atoms with van der Waals surface area (Å²) in [4.78, 5) is 3.38. The maximum absolute atomic E-state index is 12.5. The number of pyridine rings is 1. The normalized spacial score (nSPS) is 11.1. The van der Waals surface area contributed by atoms with Crippen LogP contribution in [0.1, 0.15) is 0 Å². The minimum Gasteiger partial charge on any atom is -0.444 e. The smallest absolute Gasteiger partial charge is 0.444 e. The number of benzene rings is 1. The van der Waals surface area contributed by atoms with Gasteiger partial charge in [0.25, 0.3) is 0 Å². The van der Waals surface area contributed by atoms with Crippen LogP contribution in [0.3, 0.4) is 0 Å². The number of nitrogens with zero attached hydrogens (tertiary/aromatic N) is 1. The first-order valence-corrected chi connectivity index (χ1v) is 4.12. The van der Waals surface area contributed by atoms with Crippen molar-refractivity contribution < 1.29 is 64.3 Å². The minimum absolute atomic E-state index is 0. The van der Waals surface area contributed by atoms with Gasteiger partial charge in [-0.25, -0.2) is 0 Å². The second kappa shape index (κ2) is 4.97. The van der Waals surface area contributed by atoms with E-state index in [2.05, 4.69) is 4.98 Å². The maximum atomic E-state index is 12.5. The fourth-order valence-corrected chi connectivity index (χ4v) is 1.40. The zero-order valence-corrected chi connectivity index (χ0v) is 11.2. The van der Waals surface area contributed by atoms with Gasteiger partial charge in [0, 0.05) is 6.20 Å². The SMILES string of the molecule is F[B-](F)(F)c1nccc2ccccc12.[K+]. The summed E-state index contributed by atoms with van der Waals surface area (Å²) in [5, 5.41) is 0.735. The molecule has 0 aliphatic heterocycles. The minimum atomic E-state index is -5.03. The molecule has 72 valence electrons. The third-order valence-corrected chi connectivity index (χ3v) is 2.01. The Morgan fingerprint density at radius 3 is 2.33 bits per heavy atom. The largest absolute Gasteiger partial charge is 1.00 e. The first kappa shape index (κ1) is 13.2. The first-order chi connectivity index (χ1) is 6.59. The van der Waals surface area contributed by atoms with Gasteiger partial charge in [-0.2, -0.15) is 0 Å². The summed E-state index contributed by atoms with van der Waals surface area (Å²) < 4.78 is 37.6. The van der Waals surface area contributed by atoms with Crippen LogP contribution >= 0.6 is 0 Å². The Bertz CT molecular complexity index is 467. The molecule has 0 unspecified atom stereocenters. The molecule has 1 aromatic carbocycles. The molecule has 0 bridgehead atoms. The summed E-state index contributed by atoms with van der Waals surface area (Å²) in [5.41, 5.74) is -0.761. The Morgan fingerprint density at radius 1 is 1.00 bits per heavy atom. The molecule has 1 aromatic heterocycles. The van der Waals surface area contributed by atoms with Gasteiger partial charge in [-0.15, -0.1) is 0 Å². The molecule has 2 rings (SSSR count). The summed E-state index contributed by atoms with van der Waals surface area (Å²) in [7, 11) is 0. The predicted molar refractivity (Wildman–Crippen MR) is 50.5 cm³/mol. The molecule has 6 heteroatoms. The predicted octanol–water partition coefficient (Wildman–Crippen LogP) is -0.707. The van der Waals surface area contributed by atoms with E-state index in [4.69, 9.17) is 0 Å². The molecule has 0 atom stereocenters. The quantitative estimate of drug-likeness (QED) is 0.595. The van der Waals surface area contributed by atoms with Crippen LogP contribution in [-0.4, -0.2) is 12.0 Å². The van der Waals surface area contributed by atoms with Crippen LogP contribution in [0.2, 0.25) is 0 Å². The van der Waals surface area contributed by atoms with Crippen molar-refractivity contribution >= 4 is 23.3 Å². The number of aromatic nitrogens is 1. The molecule has 0 fully saturated rings. The van der Waals surface area contributed by atoms with Crippen LogP contribution in [0.4, 0.5) is 12.9 Å². The standard InChI is InChI=1S/C9H6BF3N.K/c11-10(12,13)9-8-4-2-1-3-7(8)5-6-14-9;/h1-6H;/q-1;+1. The molecule has 2 aromatic rings. The number of fused-ring (bicyclic) bond motifs is 1. The van der Waals surface area contributed by atoms with E-state index in [-0.39, 0.29) is 56.8 Å². The van der Waals surface area contributed by atoms with Crippen LogP contribution in [-0.2, 0) is 0 Å². The van der Waals surface area contributed by atoms with Crippen molar-refractivity contribution in [3.8, 4) is 0 Å². The zero-order valence-electron chi connectivity index (χ0n) is 8.12. The van der Waals surface area contributed by atoms with Crippen molar-refractivity contribution in [3.05, 3.63) is 36.5 Å². The van der Waals surface area contributed by atoms with Gasteiger partial charge < -0.3 is 12.9 Å². The van der Waals surface area contributed by atoms with Crippen LogP contribution in [0, 0.1) is 0 Å². The number of hydrogen-bond donors (Lipinski definition) is 0. The molecule has 0 aliphatic carbocycles. The maximum Gasteiger partial charge on any atom is 1.00 e. The molecule has 0 N–H and O–H groups in total. The van der Waals surface area contributed by atoms with Gasteiger partial charge in [0.15, 0.2) is 0 Å². The van der Waals surface area contributed by atoms with Crippen molar-refractivity contribution in [3.63, 3.8) is 0 Å². The van der Waals surface area contributed by atoms with Crippen LogP contribution in [0.25, 0.3) is 10.8 Å². The average Bonchev–Trinajstić information content (AvgIpc) is 2.15. The van der Waals surface area contributed by atoms with Gasteiger partial charge in [0.05, 0.1) is 0 Å². The molecule has 0 amide bonds. The van der Waals surface area contributed by atoms with E-state index in [1.165, 1.54) is 12.3 Å². The van der Waals surface area contributed by atoms with E-state index in [1.54, 1.807) is 24.3 Å². The third-order valence-electron chi connectivity index (χ3n) is 2.01. The van der Waals surface area contributed by atoms with Crippen molar-refractivity contribution in [2.24, 2.45) is 0 Å². The van der Waals surface area contributed by atoms with Crippen molar-refractivity contribution in [2.45, 2.75) is 0 Å². The molecular formula is C9H6BF3KN. The Hall–Kier alpha value is 0.121. The number of hydrogen-bond acceptors (Lipinski definition) is 1. The molecule has 1 heterocycles. The summed E-state index contributed by atoms with van der Waals surface area (Å²) in [5.74, 6) is 0. The Balaban J connectivity index is 0.00000112. The Labute approximate surface area is 128 Å². The van der Waals surface area contributed by atoms with E-state index < -0.39 is 12.6 Å². The van der Waals surface area contributed by atoms with Gasteiger partial charge >= 0.3 is 58.4 Å². The second-order valence-electron chi connectivity index (χ2n) is 2.99. The van der Waals surface area contributed by atoms with Gasteiger partial charge in [-0.1, -0.05) is 24.3 Å². The summed E-state index contributed by atoms with van der Waals surface area (Å²) >= 11 is 0.